The topological polar surface area (TPSA) is 133 Å². The molecule has 0 fully saturated rings. The number of amides is 3. The van der Waals surface area contributed by atoms with E-state index >= 15 is 0 Å². The zero-order chi connectivity index (χ0) is 21.7. The minimum atomic E-state index is -0.809. The number of fused-ring (bicyclic) bond motifs is 1. The molecule has 1 atom stereocenters. The van der Waals surface area contributed by atoms with Crippen molar-refractivity contribution in [1.29, 1.82) is 0 Å². The van der Waals surface area contributed by atoms with Crippen LogP contribution in [0.4, 0.5) is 11.4 Å². The Morgan fingerprint density at radius 2 is 1.67 bits per heavy atom. The van der Waals surface area contributed by atoms with Crippen molar-refractivity contribution in [3.8, 4) is 0 Å². The molecular weight excluding hydrogens is 386 g/mol. The summed E-state index contributed by atoms with van der Waals surface area (Å²) in [5.41, 5.74) is 1.12. The molecular formula is C21H21N5O4. The fraction of sp³-hybridized carbons (Fsp3) is 0.190. The molecule has 0 radical (unpaired) electrons. The molecule has 3 amide bonds. The maximum absolute atomic E-state index is 12.4. The lowest BCUT2D eigenvalue weighted by molar-refractivity contribution is -0.125. The first kappa shape index (κ1) is 20.7. The Hall–Kier alpha value is -4.01. The van der Waals surface area contributed by atoms with Crippen molar-refractivity contribution in [2.24, 2.45) is 0 Å². The van der Waals surface area contributed by atoms with E-state index in [4.69, 9.17) is 0 Å². The molecule has 0 aliphatic rings. The average Bonchev–Trinajstić information content (AvgIpc) is 2.70. The highest BCUT2D eigenvalue weighted by molar-refractivity contribution is 5.98. The lowest BCUT2D eigenvalue weighted by atomic mass is 10.1. The molecule has 2 aromatic carbocycles. The number of carbonyl (C=O) groups is 3. The van der Waals surface area contributed by atoms with Gasteiger partial charge in [-0.2, -0.15) is 5.10 Å². The number of nitrogens with zero attached hydrogens (tertiary/aromatic N) is 1. The Bertz CT molecular complexity index is 1170. The zero-order valence-electron chi connectivity index (χ0n) is 16.5. The number of nitrogens with one attached hydrogen (secondary N) is 4. The molecule has 9 nitrogen and oxygen atoms in total. The summed E-state index contributed by atoms with van der Waals surface area (Å²) in [6.45, 7) is 2.95. The normalized spacial score (nSPS) is 11.5. The van der Waals surface area contributed by atoms with Crippen molar-refractivity contribution in [3.63, 3.8) is 0 Å². The van der Waals surface area contributed by atoms with Gasteiger partial charge in [-0.15, -0.1) is 0 Å². The molecule has 1 heterocycles. The summed E-state index contributed by atoms with van der Waals surface area (Å²) in [5, 5.41) is 15.3. The van der Waals surface area contributed by atoms with Crippen LogP contribution >= 0.6 is 0 Å². The van der Waals surface area contributed by atoms with E-state index in [0.29, 0.717) is 27.8 Å². The van der Waals surface area contributed by atoms with Crippen LogP contribution in [0.1, 0.15) is 19.5 Å². The summed E-state index contributed by atoms with van der Waals surface area (Å²) in [6.07, 6.45) is -0.0903. The minimum Gasteiger partial charge on any atom is -0.344 e. The monoisotopic (exact) mass is 407 g/mol. The zero-order valence-corrected chi connectivity index (χ0v) is 16.5. The molecule has 0 spiro atoms. The molecule has 4 N–H and O–H groups in total. The van der Waals surface area contributed by atoms with Crippen LogP contribution in [0, 0.1) is 0 Å². The fourth-order valence-electron chi connectivity index (χ4n) is 2.94. The van der Waals surface area contributed by atoms with Crippen LogP contribution in [-0.4, -0.2) is 34.0 Å². The summed E-state index contributed by atoms with van der Waals surface area (Å²) in [7, 11) is 0. The van der Waals surface area contributed by atoms with Crippen LogP contribution in [0.25, 0.3) is 10.8 Å². The molecule has 0 bridgehead atoms. The van der Waals surface area contributed by atoms with Crippen molar-refractivity contribution in [2.45, 2.75) is 26.3 Å². The first-order valence-electron chi connectivity index (χ1n) is 9.27. The number of aromatic amines is 1. The highest BCUT2D eigenvalue weighted by atomic mass is 16.2. The molecule has 0 saturated heterocycles. The van der Waals surface area contributed by atoms with E-state index < -0.39 is 17.9 Å². The van der Waals surface area contributed by atoms with Gasteiger partial charge in [0.1, 0.15) is 6.04 Å². The highest BCUT2D eigenvalue weighted by Gasteiger charge is 2.18. The molecule has 0 aliphatic carbocycles. The highest BCUT2D eigenvalue weighted by Crippen LogP contribution is 2.15. The predicted octanol–water partition coefficient (Wildman–Crippen LogP) is 1.57. The second-order valence-corrected chi connectivity index (χ2v) is 6.76. The summed E-state index contributed by atoms with van der Waals surface area (Å²) >= 11 is 0. The third kappa shape index (κ3) is 5.07. The van der Waals surface area contributed by atoms with Crippen LogP contribution in [0.2, 0.25) is 0 Å². The molecule has 154 valence electrons. The van der Waals surface area contributed by atoms with Crippen LogP contribution in [0.15, 0.2) is 53.3 Å². The van der Waals surface area contributed by atoms with Gasteiger partial charge in [-0.25, -0.2) is 5.10 Å². The molecule has 30 heavy (non-hydrogen) atoms. The maximum Gasteiger partial charge on any atom is 0.272 e. The van der Waals surface area contributed by atoms with Gasteiger partial charge >= 0.3 is 0 Å². The van der Waals surface area contributed by atoms with Gasteiger partial charge < -0.3 is 16.0 Å². The smallest absolute Gasteiger partial charge is 0.272 e. The van der Waals surface area contributed by atoms with Crippen molar-refractivity contribution >= 4 is 39.9 Å². The van der Waals surface area contributed by atoms with Gasteiger partial charge in [0.15, 0.2) is 0 Å². The largest absolute Gasteiger partial charge is 0.344 e. The van der Waals surface area contributed by atoms with E-state index in [-0.39, 0.29) is 17.9 Å². The third-order valence-corrected chi connectivity index (χ3v) is 4.32. The van der Waals surface area contributed by atoms with E-state index in [1.54, 1.807) is 55.5 Å². The Kier molecular flexibility index (Phi) is 6.21. The lowest BCUT2D eigenvalue weighted by Gasteiger charge is -2.15. The average molecular weight is 407 g/mol. The van der Waals surface area contributed by atoms with Crippen molar-refractivity contribution in [2.75, 3.05) is 10.6 Å². The van der Waals surface area contributed by atoms with Gasteiger partial charge in [0.05, 0.1) is 17.5 Å². The van der Waals surface area contributed by atoms with E-state index in [9.17, 15) is 19.2 Å². The van der Waals surface area contributed by atoms with E-state index in [2.05, 4.69) is 26.1 Å². The van der Waals surface area contributed by atoms with Crippen LogP contribution in [-0.2, 0) is 20.8 Å². The summed E-state index contributed by atoms with van der Waals surface area (Å²) in [5.74, 6) is -1.04. The Morgan fingerprint density at radius 1 is 1.00 bits per heavy atom. The number of benzene rings is 2. The molecule has 0 unspecified atom stereocenters. The van der Waals surface area contributed by atoms with Gasteiger partial charge in [0, 0.05) is 23.7 Å². The molecule has 9 heteroatoms. The number of aromatic nitrogens is 2. The minimum absolute atomic E-state index is 0.0903. The number of hydrogen-bond acceptors (Lipinski definition) is 5. The second kappa shape index (κ2) is 8.99. The van der Waals surface area contributed by atoms with Crippen LogP contribution in [0.5, 0.6) is 0 Å². The SMILES string of the molecule is CC(=O)Nc1cccc(NC(=O)[C@H](C)NC(=O)Cc2n[nH]c(=O)c3ccccc23)c1. The van der Waals surface area contributed by atoms with Crippen molar-refractivity contribution in [3.05, 3.63) is 64.6 Å². The number of hydrogen-bond donors (Lipinski definition) is 4. The molecule has 3 rings (SSSR count). The molecule has 1 aromatic heterocycles. The summed E-state index contributed by atoms with van der Waals surface area (Å²) in [6, 6.07) is 12.7. The van der Waals surface area contributed by atoms with Crippen molar-refractivity contribution < 1.29 is 14.4 Å². The Morgan fingerprint density at radius 3 is 2.37 bits per heavy atom. The summed E-state index contributed by atoms with van der Waals surface area (Å²) < 4.78 is 0. The number of rotatable bonds is 6. The maximum atomic E-state index is 12.4. The number of anilines is 2. The van der Waals surface area contributed by atoms with Crippen molar-refractivity contribution in [1.82, 2.24) is 15.5 Å². The number of H-pyrrole nitrogens is 1. The first-order chi connectivity index (χ1) is 14.3. The summed E-state index contributed by atoms with van der Waals surface area (Å²) in [4.78, 5) is 47.8. The van der Waals surface area contributed by atoms with Crippen LogP contribution < -0.4 is 21.5 Å². The van der Waals surface area contributed by atoms with E-state index in [0.717, 1.165) is 0 Å². The Balaban J connectivity index is 1.63. The second-order valence-electron chi connectivity index (χ2n) is 6.76. The quantitative estimate of drug-likeness (QED) is 0.492. The molecule has 0 aliphatic heterocycles. The molecule has 0 saturated carbocycles. The first-order valence-corrected chi connectivity index (χ1v) is 9.27. The Labute approximate surface area is 171 Å². The van der Waals surface area contributed by atoms with Crippen LogP contribution in [0.3, 0.4) is 0 Å². The third-order valence-electron chi connectivity index (χ3n) is 4.32. The van der Waals surface area contributed by atoms with Gasteiger partial charge in [-0.1, -0.05) is 24.3 Å². The lowest BCUT2D eigenvalue weighted by Crippen LogP contribution is -2.42. The predicted molar refractivity (Wildman–Crippen MR) is 113 cm³/mol. The van der Waals surface area contributed by atoms with E-state index in [1.807, 2.05) is 0 Å². The number of carbonyl (C=O) groups excluding carboxylic acids is 3. The van der Waals surface area contributed by atoms with E-state index in [1.165, 1.54) is 6.92 Å². The van der Waals surface area contributed by atoms with Gasteiger partial charge in [0.2, 0.25) is 17.7 Å². The fourth-order valence-corrected chi connectivity index (χ4v) is 2.94. The van der Waals surface area contributed by atoms with Gasteiger partial charge in [0.25, 0.3) is 5.56 Å². The van der Waals surface area contributed by atoms with Gasteiger partial charge in [-0.3, -0.25) is 19.2 Å². The van der Waals surface area contributed by atoms with Gasteiger partial charge in [-0.05, 0) is 31.2 Å². The standard InChI is InChI=1S/C21H21N5O4/c1-12(20(29)24-15-7-5-6-14(10-15)23-13(2)27)22-19(28)11-18-16-8-3-4-9-17(16)21(30)26-25-18/h3-10,12H,11H2,1-2H3,(H,22,28)(H,23,27)(H,24,29)(H,26,30)/t12-/m0/s1. The molecule has 3 aromatic rings.